The van der Waals surface area contributed by atoms with E-state index in [1.165, 1.54) is 36.3 Å². The van der Waals surface area contributed by atoms with E-state index in [1.807, 2.05) is 10.1 Å². The Hall–Kier alpha value is -3.06. The summed E-state index contributed by atoms with van der Waals surface area (Å²) >= 11 is 1.54. The molecule has 4 rings (SSSR count). The maximum atomic E-state index is 11.1. The molecule has 0 unspecified atom stereocenters. The molecule has 0 amide bonds. The Morgan fingerprint density at radius 2 is 1.84 bits per heavy atom. The Labute approximate surface area is 192 Å². The van der Waals surface area contributed by atoms with Crippen molar-refractivity contribution >= 4 is 28.4 Å². The van der Waals surface area contributed by atoms with Gasteiger partial charge in [0, 0.05) is 28.8 Å². The highest BCUT2D eigenvalue weighted by Crippen LogP contribution is 2.27. The quantitative estimate of drug-likeness (QED) is 0.319. The van der Waals surface area contributed by atoms with Crippen molar-refractivity contribution in [1.82, 2.24) is 4.68 Å². The van der Waals surface area contributed by atoms with Crippen molar-refractivity contribution < 1.29 is 4.92 Å². The predicted molar refractivity (Wildman–Crippen MR) is 131 cm³/mol. The van der Waals surface area contributed by atoms with Gasteiger partial charge in [0.1, 0.15) is 0 Å². The number of nitro groups is 1. The molecule has 1 heterocycles. The molecule has 32 heavy (non-hydrogen) atoms. The average Bonchev–Trinajstić information content (AvgIpc) is 3.19. The topological polar surface area (TPSA) is 72.8 Å². The largest absolute Gasteiger partial charge is 0.269 e. The van der Waals surface area contributed by atoms with E-state index in [0.717, 1.165) is 51.6 Å². The van der Waals surface area contributed by atoms with Gasteiger partial charge in [-0.15, -0.1) is 11.3 Å². The minimum Gasteiger partial charge on any atom is -0.258 e. The molecular formula is C25H28N4O2S. The lowest BCUT2D eigenvalue weighted by Crippen LogP contribution is -2.18. The van der Waals surface area contributed by atoms with Crippen molar-refractivity contribution in [3.05, 3.63) is 73.9 Å². The Bertz CT molecular complexity index is 1210. The number of non-ortho nitro benzene ring substituents is 1. The van der Waals surface area contributed by atoms with Gasteiger partial charge >= 0.3 is 0 Å². The monoisotopic (exact) mass is 448 g/mol. The van der Waals surface area contributed by atoms with E-state index in [4.69, 9.17) is 10.1 Å². The Balaban J connectivity index is 1.81. The molecule has 1 aliphatic rings. The zero-order valence-electron chi connectivity index (χ0n) is 18.7. The first kappa shape index (κ1) is 22.1. The molecule has 1 aliphatic carbocycles. The molecular weight excluding hydrogens is 420 g/mol. The first-order valence-corrected chi connectivity index (χ1v) is 12.0. The van der Waals surface area contributed by atoms with Crippen LogP contribution < -0.4 is 4.80 Å². The van der Waals surface area contributed by atoms with Crippen LogP contribution in [0.5, 0.6) is 0 Å². The first-order chi connectivity index (χ1) is 15.4. The molecule has 0 bridgehead atoms. The number of nitro benzene ring substituents is 1. The van der Waals surface area contributed by atoms with Crippen molar-refractivity contribution in [3.63, 3.8) is 0 Å². The molecule has 166 valence electrons. The number of thiazole rings is 1. The third kappa shape index (κ3) is 4.88. The summed E-state index contributed by atoms with van der Waals surface area (Å²) in [6.07, 6.45) is 5.58. The van der Waals surface area contributed by atoms with Gasteiger partial charge in [0.15, 0.2) is 0 Å². The summed E-state index contributed by atoms with van der Waals surface area (Å²) < 4.78 is 1.93. The maximum Gasteiger partial charge on any atom is 0.269 e. The zero-order chi connectivity index (χ0) is 22.7. The Kier molecular flexibility index (Phi) is 6.65. The molecule has 3 aromatic rings. The molecule has 2 aromatic carbocycles. The average molecular weight is 449 g/mol. The van der Waals surface area contributed by atoms with Crippen molar-refractivity contribution in [2.24, 2.45) is 16.0 Å². The molecule has 7 heteroatoms. The highest BCUT2D eigenvalue weighted by molar-refractivity contribution is 7.07. The van der Waals surface area contributed by atoms with Gasteiger partial charge in [-0.25, -0.2) is 9.67 Å². The Morgan fingerprint density at radius 1 is 1.12 bits per heavy atom. The fourth-order valence-electron chi connectivity index (χ4n) is 4.03. The summed E-state index contributed by atoms with van der Waals surface area (Å²) in [5.41, 5.74) is 6.28. The molecule has 1 saturated carbocycles. The molecule has 0 aliphatic heterocycles. The van der Waals surface area contributed by atoms with Crippen LogP contribution in [0.15, 0.2) is 57.9 Å². The second-order valence-electron chi connectivity index (χ2n) is 8.44. The van der Waals surface area contributed by atoms with E-state index < -0.39 is 0 Å². The number of nitrogens with zero attached hydrogens (tertiary/aromatic N) is 4. The lowest BCUT2D eigenvalue weighted by Gasteiger charge is -2.21. The van der Waals surface area contributed by atoms with Gasteiger partial charge in [-0.2, -0.15) is 5.10 Å². The minimum atomic E-state index is -0.376. The van der Waals surface area contributed by atoms with Crippen molar-refractivity contribution in [3.8, 4) is 11.3 Å². The maximum absolute atomic E-state index is 11.1. The summed E-state index contributed by atoms with van der Waals surface area (Å²) in [6, 6.07) is 12.9. The standard InChI is InChI=1S/C25H28N4O2S/c1-4-19-7-11-21(12-8-19)27-28-24(20-9-13-22(14-10-20)29(30)31)16-32-25(28)26-23-15-17(2)5-6-18(23)3/h5-6,9-10,13-16,19H,4,7-8,11-12H2,1-3H3. The number of benzene rings is 2. The highest BCUT2D eigenvalue weighted by atomic mass is 32.1. The fourth-order valence-corrected chi connectivity index (χ4v) is 4.87. The van der Waals surface area contributed by atoms with Gasteiger partial charge in [0.2, 0.25) is 4.80 Å². The molecule has 0 spiro atoms. The van der Waals surface area contributed by atoms with E-state index in [0.29, 0.717) is 0 Å². The van der Waals surface area contributed by atoms with Crippen LogP contribution in [0.2, 0.25) is 0 Å². The second kappa shape index (κ2) is 9.61. The normalized spacial score (nSPS) is 16.9. The molecule has 6 nitrogen and oxygen atoms in total. The number of hydrogen-bond donors (Lipinski definition) is 0. The summed E-state index contributed by atoms with van der Waals surface area (Å²) in [6.45, 7) is 6.38. The van der Waals surface area contributed by atoms with Crippen molar-refractivity contribution in [1.29, 1.82) is 0 Å². The number of rotatable bonds is 5. The van der Waals surface area contributed by atoms with Gasteiger partial charge < -0.3 is 0 Å². The third-order valence-corrected chi connectivity index (χ3v) is 6.96. The highest BCUT2D eigenvalue weighted by Gasteiger charge is 2.18. The zero-order valence-corrected chi connectivity index (χ0v) is 19.6. The van der Waals surface area contributed by atoms with Gasteiger partial charge in [0.05, 0.1) is 16.3 Å². The van der Waals surface area contributed by atoms with Gasteiger partial charge in [-0.3, -0.25) is 10.1 Å². The summed E-state index contributed by atoms with van der Waals surface area (Å²) in [5.74, 6) is 0.787. The van der Waals surface area contributed by atoms with Crippen LogP contribution in [-0.4, -0.2) is 15.3 Å². The molecule has 1 aromatic heterocycles. The van der Waals surface area contributed by atoms with Crippen LogP contribution in [0.4, 0.5) is 11.4 Å². The second-order valence-corrected chi connectivity index (χ2v) is 9.28. The molecule has 0 atom stereocenters. The van der Waals surface area contributed by atoms with Crippen molar-refractivity contribution in [2.75, 3.05) is 0 Å². The van der Waals surface area contributed by atoms with E-state index in [1.54, 1.807) is 24.3 Å². The third-order valence-electron chi connectivity index (χ3n) is 6.14. The van der Waals surface area contributed by atoms with Crippen LogP contribution >= 0.6 is 11.3 Å². The van der Waals surface area contributed by atoms with Crippen LogP contribution in [0.1, 0.15) is 50.2 Å². The van der Waals surface area contributed by atoms with E-state index in [2.05, 4.69) is 39.0 Å². The summed E-state index contributed by atoms with van der Waals surface area (Å²) in [4.78, 5) is 16.4. The van der Waals surface area contributed by atoms with E-state index >= 15 is 0 Å². The Morgan fingerprint density at radius 3 is 2.50 bits per heavy atom. The molecule has 0 N–H and O–H groups in total. The number of aromatic nitrogens is 1. The SMILES string of the molecule is CCC1CCC(=Nn2c(-c3ccc([N+](=O)[O-])cc3)csc2=Nc2cc(C)ccc2C)CC1. The summed E-state index contributed by atoms with van der Waals surface area (Å²) in [5, 5.41) is 18.1. The smallest absolute Gasteiger partial charge is 0.258 e. The predicted octanol–water partition coefficient (Wildman–Crippen LogP) is 6.78. The van der Waals surface area contributed by atoms with E-state index in [9.17, 15) is 10.1 Å². The summed E-state index contributed by atoms with van der Waals surface area (Å²) in [7, 11) is 0. The lowest BCUT2D eigenvalue weighted by molar-refractivity contribution is -0.384. The number of hydrogen-bond acceptors (Lipinski definition) is 5. The van der Waals surface area contributed by atoms with Gasteiger partial charge in [0.25, 0.3) is 5.69 Å². The van der Waals surface area contributed by atoms with Crippen LogP contribution in [-0.2, 0) is 0 Å². The lowest BCUT2D eigenvalue weighted by atomic mass is 9.86. The molecule has 1 fully saturated rings. The minimum absolute atomic E-state index is 0.0834. The van der Waals surface area contributed by atoms with Gasteiger partial charge in [-0.1, -0.05) is 25.5 Å². The molecule has 0 radical (unpaired) electrons. The van der Waals surface area contributed by atoms with Crippen LogP contribution in [0, 0.1) is 29.9 Å². The fraction of sp³-hybridized carbons (Fsp3) is 0.360. The van der Waals surface area contributed by atoms with E-state index in [-0.39, 0.29) is 10.6 Å². The van der Waals surface area contributed by atoms with Crippen LogP contribution in [0.25, 0.3) is 11.3 Å². The van der Waals surface area contributed by atoms with Gasteiger partial charge in [-0.05, 0) is 74.8 Å². The van der Waals surface area contributed by atoms with Crippen molar-refractivity contribution in [2.45, 2.75) is 52.9 Å². The van der Waals surface area contributed by atoms with Crippen LogP contribution in [0.3, 0.4) is 0 Å². The first-order valence-electron chi connectivity index (χ1n) is 11.1. The molecule has 0 saturated heterocycles. The number of aryl methyl sites for hydroxylation is 2.